The van der Waals surface area contributed by atoms with Crippen molar-refractivity contribution < 1.29 is 13.2 Å². The number of sulfonamides is 1. The van der Waals surface area contributed by atoms with E-state index in [0.717, 1.165) is 24.7 Å². The van der Waals surface area contributed by atoms with Crippen molar-refractivity contribution in [1.82, 2.24) is 14.6 Å². The summed E-state index contributed by atoms with van der Waals surface area (Å²) in [6, 6.07) is 2.89. The highest BCUT2D eigenvalue weighted by Crippen LogP contribution is 2.21. The van der Waals surface area contributed by atoms with Crippen LogP contribution in [-0.4, -0.2) is 42.5 Å². The number of aromatic nitrogens is 1. The quantitative estimate of drug-likeness (QED) is 0.902. The first kappa shape index (κ1) is 15.9. The molecule has 1 aromatic heterocycles. The van der Waals surface area contributed by atoms with Crippen LogP contribution < -0.4 is 5.32 Å². The summed E-state index contributed by atoms with van der Waals surface area (Å²) < 4.78 is 24.9. The molecule has 1 N–H and O–H groups in total. The molecule has 1 fully saturated rings. The Kier molecular flexibility index (Phi) is 4.95. The Bertz CT molecular complexity index is 589. The molecule has 2 atom stereocenters. The minimum atomic E-state index is -3.36. The fourth-order valence-electron chi connectivity index (χ4n) is 2.61. The number of pyridine rings is 1. The van der Waals surface area contributed by atoms with Crippen LogP contribution in [0, 0.1) is 0 Å². The molecule has 0 radical (unpaired) electrons. The number of piperidine rings is 1. The van der Waals surface area contributed by atoms with E-state index in [1.165, 1.54) is 4.31 Å². The lowest BCUT2D eigenvalue weighted by Gasteiger charge is -2.33. The first-order chi connectivity index (χ1) is 9.89. The molecule has 1 aliphatic rings. The van der Waals surface area contributed by atoms with E-state index in [1.54, 1.807) is 12.4 Å². The molecule has 21 heavy (non-hydrogen) atoms. The van der Waals surface area contributed by atoms with E-state index in [4.69, 9.17) is 0 Å². The van der Waals surface area contributed by atoms with Crippen LogP contribution in [-0.2, 0) is 14.8 Å². The third kappa shape index (κ3) is 4.01. The topological polar surface area (TPSA) is 79.4 Å². The van der Waals surface area contributed by atoms with Crippen LogP contribution in [0.15, 0.2) is 24.5 Å². The minimum absolute atomic E-state index is 0.177. The van der Waals surface area contributed by atoms with Crippen LogP contribution in [0.1, 0.15) is 37.8 Å². The van der Waals surface area contributed by atoms with Crippen molar-refractivity contribution in [1.29, 1.82) is 0 Å². The van der Waals surface area contributed by atoms with Crippen molar-refractivity contribution in [3.8, 4) is 0 Å². The maximum absolute atomic E-state index is 12.4. The van der Waals surface area contributed by atoms with Crippen LogP contribution in [0.25, 0.3) is 0 Å². The van der Waals surface area contributed by atoms with Gasteiger partial charge in [-0.25, -0.2) is 8.42 Å². The van der Waals surface area contributed by atoms with E-state index < -0.39 is 16.1 Å². The Balaban J connectivity index is 2.08. The molecule has 0 aliphatic carbocycles. The lowest BCUT2D eigenvalue weighted by molar-refractivity contribution is -0.126. The number of hydrogen-bond acceptors (Lipinski definition) is 4. The number of rotatable bonds is 4. The van der Waals surface area contributed by atoms with Gasteiger partial charge in [0.1, 0.15) is 6.04 Å². The Morgan fingerprint density at radius 2 is 2.05 bits per heavy atom. The Morgan fingerprint density at radius 3 is 2.67 bits per heavy atom. The summed E-state index contributed by atoms with van der Waals surface area (Å²) in [5.74, 6) is -0.232. The molecule has 0 unspecified atom stereocenters. The first-order valence-corrected chi connectivity index (χ1v) is 8.91. The van der Waals surface area contributed by atoms with Crippen LogP contribution in [0.2, 0.25) is 0 Å². The van der Waals surface area contributed by atoms with Gasteiger partial charge >= 0.3 is 0 Å². The maximum Gasteiger partial charge on any atom is 0.238 e. The van der Waals surface area contributed by atoms with Crippen molar-refractivity contribution in [3.05, 3.63) is 30.1 Å². The van der Waals surface area contributed by atoms with Crippen LogP contribution >= 0.6 is 0 Å². The SMILES string of the molecule is C[C@@H](NC(=O)[C@@H]1CCCCN1S(C)(=O)=O)c1ccncc1. The molecule has 0 aromatic carbocycles. The smallest absolute Gasteiger partial charge is 0.238 e. The van der Waals surface area contributed by atoms with Gasteiger partial charge in [-0.1, -0.05) is 6.42 Å². The third-order valence-corrected chi connectivity index (χ3v) is 5.04. The van der Waals surface area contributed by atoms with E-state index in [-0.39, 0.29) is 11.9 Å². The molecule has 1 amide bonds. The molecule has 0 spiro atoms. The van der Waals surface area contributed by atoms with Gasteiger partial charge in [0.15, 0.2) is 0 Å². The van der Waals surface area contributed by atoms with Crippen molar-refractivity contribution in [3.63, 3.8) is 0 Å². The highest BCUT2D eigenvalue weighted by molar-refractivity contribution is 7.88. The third-order valence-electron chi connectivity index (χ3n) is 3.75. The second-order valence-corrected chi connectivity index (χ2v) is 7.33. The number of amides is 1. The lowest BCUT2D eigenvalue weighted by atomic mass is 10.0. The van der Waals surface area contributed by atoms with E-state index in [2.05, 4.69) is 10.3 Å². The summed E-state index contributed by atoms with van der Waals surface area (Å²) in [4.78, 5) is 16.3. The largest absolute Gasteiger partial charge is 0.348 e. The zero-order valence-electron chi connectivity index (χ0n) is 12.3. The number of nitrogens with one attached hydrogen (secondary N) is 1. The minimum Gasteiger partial charge on any atom is -0.348 e. The highest BCUT2D eigenvalue weighted by Gasteiger charge is 2.34. The molecule has 1 aliphatic heterocycles. The van der Waals surface area contributed by atoms with Gasteiger partial charge in [0.2, 0.25) is 15.9 Å². The standard InChI is InChI=1S/C14H21N3O3S/c1-11(12-6-8-15-9-7-12)16-14(18)13-5-3-4-10-17(13)21(2,19)20/h6-9,11,13H,3-5,10H2,1-2H3,(H,16,18)/t11-,13+/m1/s1. The summed E-state index contributed by atoms with van der Waals surface area (Å²) in [5, 5.41) is 2.90. The zero-order valence-corrected chi connectivity index (χ0v) is 13.1. The predicted molar refractivity (Wildman–Crippen MR) is 80.0 cm³/mol. The predicted octanol–water partition coefficient (Wildman–Crippen LogP) is 1.07. The van der Waals surface area contributed by atoms with Gasteiger partial charge in [-0.15, -0.1) is 0 Å². The second kappa shape index (κ2) is 6.53. The van der Waals surface area contributed by atoms with E-state index in [9.17, 15) is 13.2 Å². The molecule has 2 rings (SSSR count). The highest BCUT2D eigenvalue weighted by atomic mass is 32.2. The van der Waals surface area contributed by atoms with Gasteiger partial charge < -0.3 is 5.32 Å². The molecular formula is C14H21N3O3S. The van der Waals surface area contributed by atoms with Crippen molar-refractivity contribution in [2.75, 3.05) is 12.8 Å². The molecular weight excluding hydrogens is 290 g/mol. The van der Waals surface area contributed by atoms with Crippen LogP contribution in [0.4, 0.5) is 0 Å². The van der Waals surface area contributed by atoms with E-state index in [0.29, 0.717) is 13.0 Å². The number of carbonyl (C=O) groups excluding carboxylic acids is 1. The van der Waals surface area contributed by atoms with Gasteiger partial charge in [-0.3, -0.25) is 9.78 Å². The molecule has 1 aromatic rings. The van der Waals surface area contributed by atoms with Crippen molar-refractivity contribution in [2.24, 2.45) is 0 Å². The Labute approximate surface area is 125 Å². The van der Waals surface area contributed by atoms with Gasteiger partial charge in [0.05, 0.1) is 12.3 Å². The van der Waals surface area contributed by atoms with Gasteiger partial charge in [-0.05, 0) is 37.5 Å². The Morgan fingerprint density at radius 1 is 1.38 bits per heavy atom. The summed E-state index contributed by atoms with van der Waals surface area (Å²) >= 11 is 0. The first-order valence-electron chi connectivity index (χ1n) is 7.06. The van der Waals surface area contributed by atoms with Gasteiger partial charge in [0.25, 0.3) is 0 Å². The number of carbonyl (C=O) groups is 1. The van der Waals surface area contributed by atoms with Gasteiger partial charge in [0, 0.05) is 18.9 Å². The molecule has 2 heterocycles. The summed E-state index contributed by atoms with van der Waals surface area (Å²) in [5.41, 5.74) is 0.945. The zero-order chi connectivity index (χ0) is 15.5. The number of hydrogen-bond donors (Lipinski definition) is 1. The van der Waals surface area contributed by atoms with Crippen LogP contribution in [0.5, 0.6) is 0 Å². The normalized spacial score (nSPS) is 21.7. The molecule has 0 bridgehead atoms. The van der Waals surface area contributed by atoms with Gasteiger partial charge in [-0.2, -0.15) is 4.31 Å². The number of nitrogens with zero attached hydrogens (tertiary/aromatic N) is 2. The molecule has 0 saturated carbocycles. The average molecular weight is 311 g/mol. The summed E-state index contributed by atoms with van der Waals surface area (Å²) in [6.07, 6.45) is 6.74. The Hall–Kier alpha value is -1.47. The van der Waals surface area contributed by atoms with E-state index in [1.807, 2.05) is 19.1 Å². The molecule has 6 nitrogen and oxygen atoms in total. The summed E-state index contributed by atoms with van der Waals surface area (Å²) in [6.45, 7) is 2.29. The van der Waals surface area contributed by atoms with Crippen LogP contribution in [0.3, 0.4) is 0 Å². The monoisotopic (exact) mass is 311 g/mol. The van der Waals surface area contributed by atoms with Crippen molar-refractivity contribution >= 4 is 15.9 Å². The van der Waals surface area contributed by atoms with E-state index >= 15 is 0 Å². The average Bonchev–Trinajstić information content (AvgIpc) is 2.47. The van der Waals surface area contributed by atoms with Crippen molar-refractivity contribution in [2.45, 2.75) is 38.3 Å². The maximum atomic E-state index is 12.4. The molecule has 7 heteroatoms. The fourth-order valence-corrected chi connectivity index (χ4v) is 3.73. The molecule has 1 saturated heterocycles. The molecule has 116 valence electrons. The fraction of sp³-hybridized carbons (Fsp3) is 0.571. The lowest BCUT2D eigenvalue weighted by Crippen LogP contribution is -2.51. The second-order valence-electron chi connectivity index (χ2n) is 5.40. The summed E-state index contributed by atoms with van der Waals surface area (Å²) in [7, 11) is -3.36.